The highest BCUT2D eigenvalue weighted by Crippen LogP contribution is 2.44. The highest BCUT2D eigenvalue weighted by molar-refractivity contribution is 6.35. The molecule has 1 heterocycles. The van der Waals surface area contributed by atoms with E-state index in [0.29, 0.717) is 16.7 Å². The molecule has 0 unspecified atom stereocenters. The maximum atomic E-state index is 13.8. The zero-order chi connectivity index (χ0) is 22.6. The summed E-state index contributed by atoms with van der Waals surface area (Å²) >= 11 is 12.7. The van der Waals surface area contributed by atoms with Gasteiger partial charge in [0.05, 0.1) is 17.7 Å². The Bertz CT molecular complexity index is 1110. The summed E-state index contributed by atoms with van der Waals surface area (Å²) in [6.07, 6.45) is 8.40. The Balaban J connectivity index is 1.69. The van der Waals surface area contributed by atoms with Gasteiger partial charge in [0.15, 0.2) is 0 Å². The molecule has 3 aromatic rings. The minimum Gasteiger partial charge on any atom is -0.491 e. The van der Waals surface area contributed by atoms with Crippen LogP contribution in [0.3, 0.4) is 0 Å². The lowest BCUT2D eigenvalue weighted by atomic mass is 9.68. The first-order valence-corrected chi connectivity index (χ1v) is 12.1. The van der Waals surface area contributed by atoms with Crippen molar-refractivity contribution in [3.8, 4) is 5.75 Å². The second-order valence-electron chi connectivity index (χ2n) is 8.43. The summed E-state index contributed by atoms with van der Waals surface area (Å²) in [5, 5.41) is 5.18. The SMILES string of the molecule is CCCCOc1ccc(NC(=O)C2(c3ccc(Cl)cc3Cl)CCCCC2)c2cccnc12. The first-order chi connectivity index (χ1) is 15.5. The lowest BCUT2D eigenvalue weighted by molar-refractivity contribution is -0.122. The molecule has 1 aromatic heterocycles. The van der Waals surface area contributed by atoms with E-state index in [9.17, 15) is 4.79 Å². The van der Waals surface area contributed by atoms with Crippen LogP contribution in [-0.2, 0) is 10.2 Å². The van der Waals surface area contributed by atoms with Gasteiger partial charge in [-0.25, -0.2) is 0 Å². The van der Waals surface area contributed by atoms with Gasteiger partial charge in [-0.1, -0.05) is 61.9 Å². The molecule has 1 aliphatic carbocycles. The molecule has 0 saturated heterocycles. The van der Waals surface area contributed by atoms with Crippen molar-refractivity contribution in [2.45, 2.75) is 57.3 Å². The number of nitrogens with zero attached hydrogens (tertiary/aromatic N) is 1. The van der Waals surface area contributed by atoms with E-state index in [-0.39, 0.29) is 5.91 Å². The Morgan fingerprint density at radius 2 is 1.94 bits per heavy atom. The van der Waals surface area contributed by atoms with Crippen LogP contribution >= 0.6 is 23.2 Å². The molecular weight excluding hydrogens is 443 g/mol. The van der Waals surface area contributed by atoms with E-state index in [1.165, 1.54) is 0 Å². The van der Waals surface area contributed by atoms with Gasteiger partial charge in [0.25, 0.3) is 0 Å². The average Bonchev–Trinajstić information content (AvgIpc) is 2.81. The van der Waals surface area contributed by atoms with Gasteiger partial charge >= 0.3 is 0 Å². The number of carbonyl (C=O) groups is 1. The normalized spacial score (nSPS) is 15.5. The summed E-state index contributed by atoms with van der Waals surface area (Å²) in [4.78, 5) is 18.3. The van der Waals surface area contributed by atoms with Gasteiger partial charge < -0.3 is 10.1 Å². The molecule has 0 radical (unpaired) electrons. The molecule has 1 saturated carbocycles. The molecule has 0 spiro atoms. The van der Waals surface area contributed by atoms with Crippen molar-refractivity contribution in [1.29, 1.82) is 0 Å². The van der Waals surface area contributed by atoms with E-state index in [4.69, 9.17) is 27.9 Å². The zero-order valence-electron chi connectivity index (χ0n) is 18.3. The van der Waals surface area contributed by atoms with Crippen LogP contribution in [0.4, 0.5) is 5.69 Å². The summed E-state index contributed by atoms with van der Waals surface area (Å²) in [5.41, 5.74) is 1.66. The van der Waals surface area contributed by atoms with Gasteiger partial charge in [-0.2, -0.15) is 0 Å². The van der Waals surface area contributed by atoms with Gasteiger partial charge in [0.1, 0.15) is 11.3 Å². The van der Waals surface area contributed by atoms with Crippen LogP contribution < -0.4 is 10.1 Å². The zero-order valence-corrected chi connectivity index (χ0v) is 19.8. The number of aromatic nitrogens is 1. The molecule has 6 heteroatoms. The number of hydrogen-bond donors (Lipinski definition) is 1. The fourth-order valence-corrected chi connectivity index (χ4v) is 5.18. The van der Waals surface area contributed by atoms with E-state index in [2.05, 4.69) is 17.2 Å². The highest BCUT2D eigenvalue weighted by Gasteiger charge is 2.42. The van der Waals surface area contributed by atoms with Crippen molar-refractivity contribution in [2.24, 2.45) is 0 Å². The lowest BCUT2D eigenvalue weighted by Gasteiger charge is -2.37. The number of rotatable bonds is 7. The van der Waals surface area contributed by atoms with Crippen molar-refractivity contribution in [2.75, 3.05) is 11.9 Å². The van der Waals surface area contributed by atoms with E-state index >= 15 is 0 Å². The van der Waals surface area contributed by atoms with Crippen LogP contribution in [0.5, 0.6) is 5.75 Å². The van der Waals surface area contributed by atoms with Crippen molar-refractivity contribution >= 4 is 45.7 Å². The van der Waals surface area contributed by atoms with E-state index in [0.717, 1.165) is 72.8 Å². The van der Waals surface area contributed by atoms with Crippen LogP contribution in [-0.4, -0.2) is 17.5 Å². The van der Waals surface area contributed by atoms with Crippen LogP contribution in [0.2, 0.25) is 10.0 Å². The summed E-state index contributed by atoms with van der Waals surface area (Å²) in [6.45, 7) is 2.78. The van der Waals surface area contributed by atoms with E-state index in [1.807, 2.05) is 36.4 Å². The Morgan fingerprint density at radius 3 is 2.69 bits per heavy atom. The maximum Gasteiger partial charge on any atom is 0.235 e. The number of halogens is 2. The van der Waals surface area contributed by atoms with Gasteiger partial charge in [-0.3, -0.25) is 9.78 Å². The summed E-state index contributed by atoms with van der Waals surface area (Å²) in [6, 6.07) is 13.1. The molecule has 1 N–H and O–H groups in total. The molecule has 32 heavy (non-hydrogen) atoms. The summed E-state index contributed by atoms with van der Waals surface area (Å²) < 4.78 is 5.95. The Morgan fingerprint density at radius 1 is 1.12 bits per heavy atom. The minimum absolute atomic E-state index is 0.0359. The monoisotopic (exact) mass is 470 g/mol. The fourth-order valence-electron chi connectivity index (χ4n) is 4.59. The van der Waals surface area contributed by atoms with Crippen LogP contribution in [0.1, 0.15) is 57.4 Å². The van der Waals surface area contributed by atoms with Gasteiger partial charge in [-0.15, -0.1) is 0 Å². The number of ether oxygens (including phenoxy) is 1. The first-order valence-electron chi connectivity index (χ1n) is 11.3. The lowest BCUT2D eigenvalue weighted by Crippen LogP contribution is -2.42. The van der Waals surface area contributed by atoms with Crippen LogP contribution in [0.15, 0.2) is 48.7 Å². The number of nitrogens with one attached hydrogen (secondary N) is 1. The number of hydrogen-bond acceptors (Lipinski definition) is 3. The average molecular weight is 471 g/mol. The molecule has 4 nitrogen and oxygen atoms in total. The van der Waals surface area contributed by atoms with Crippen molar-refractivity contribution in [3.63, 3.8) is 0 Å². The molecular formula is C26H28Cl2N2O2. The number of unbranched alkanes of at least 4 members (excludes halogenated alkanes) is 1. The maximum absolute atomic E-state index is 13.8. The molecule has 1 aliphatic rings. The summed E-state index contributed by atoms with van der Waals surface area (Å²) in [5.74, 6) is 0.700. The molecule has 4 rings (SSSR count). The number of fused-ring (bicyclic) bond motifs is 1. The van der Waals surface area contributed by atoms with Crippen molar-refractivity contribution in [3.05, 3.63) is 64.3 Å². The quantitative estimate of drug-likeness (QED) is 0.362. The molecule has 1 fully saturated rings. The number of carbonyl (C=O) groups excluding carboxylic acids is 1. The van der Waals surface area contributed by atoms with Crippen molar-refractivity contribution in [1.82, 2.24) is 4.98 Å². The minimum atomic E-state index is -0.676. The number of amides is 1. The van der Waals surface area contributed by atoms with Gasteiger partial charge in [-0.05, 0) is 61.2 Å². The topological polar surface area (TPSA) is 51.2 Å². The predicted molar refractivity (Wildman–Crippen MR) is 132 cm³/mol. The third kappa shape index (κ3) is 4.57. The van der Waals surface area contributed by atoms with Gasteiger partial charge in [0.2, 0.25) is 5.91 Å². The predicted octanol–water partition coefficient (Wildman–Crippen LogP) is 7.56. The van der Waals surface area contributed by atoms with E-state index in [1.54, 1.807) is 12.3 Å². The molecule has 168 valence electrons. The van der Waals surface area contributed by atoms with Crippen LogP contribution in [0.25, 0.3) is 10.9 Å². The smallest absolute Gasteiger partial charge is 0.235 e. The first kappa shape index (κ1) is 22.9. The molecule has 0 aliphatic heterocycles. The number of benzene rings is 2. The van der Waals surface area contributed by atoms with Crippen molar-refractivity contribution < 1.29 is 9.53 Å². The third-order valence-electron chi connectivity index (χ3n) is 6.32. The van der Waals surface area contributed by atoms with E-state index < -0.39 is 5.41 Å². The van der Waals surface area contributed by atoms with Crippen LogP contribution in [0, 0.1) is 0 Å². The molecule has 0 bridgehead atoms. The third-order valence-corrected chi connectivity index (χ3v) is 6.87. The molecule has 1 amide bonds. The Labute approximate surface area is 199 Å². The number of anilines is 1. The van der Waals surface area contributed by atoms with Gasteiger partial charge in [0, 0.05) is 21.6 Å². The highest BCUT2D eigenvalue weighted by atomic mass is 35.5. The second-order valence-corrected chi connectivity index (χ2v) is 9.28. The fraction of sp³-hybridized carbons (Fsp3) is 0.385. The molecule has 0 atom stereocenters. The Kier molecular flexibility index (Phi) is 7.22. The Hall–Kier alpha value is -2.30. The number of pyridine rings is 1. The second kappa shape index (κ2) is 10.1. The summed E-state index contributed by atoms with van der Waals surface area (Å²) in [7, 11) is 0. The standard InChI is InChI=1S/C26H28Cl2N2O2/c1-2-3-16-32-23-12-11-22(19-8-7-15-29-24(19)23)30-25(31)26(13-5-4-6-14-26)20-10-9-18(27)17-21(20)28/h7-12,15,17H,2-6,13-14,16H2,1H3,(H,30,31). The largest absolute Gasteiger partial charge is 0.491 e. The molecule has 2 aromatic carbocycles.